The van der Waals surface area contributed by atoms with Crippen molar-refractivity contribution >= 4 is 22.6 Å². The third kappa shape index (κ3) is 3.05. The van der Waals surface area contributed by atoms with Gasteiger partial charge >= 0.3 is 0 Å². The average molecular weight is 312 g/mol. The van der Waals surface area contributed by atoms with E-state index in [2.05, 4.69) is 22.6 Å². The molecule has 2 aliphatic rings. The van der Waals surface area contributed by atoms with Crippen molar-refractivity contribution in [1.29, 1.82) is 0 Å². The quantitative estimate of drug-likeness (QED) is 0.587. The molecule has 0 radical (unpaired) electrons. The molecule has 0 aromatic carbocycles. The van der Waals surface area contributed by atoms with Gasteiger partial charge in [0.2, 0.25) is 0 Å². The van der Waals surface area contributed by atoms with Crippen molar-refractivity contribution in [2.45, 2.75) is 35.4 Å². The van der Waals surface area contributed by atoms with E-state index in [0.717, 1.165) is 32.8 Å². The van der Waals surface area contributed by atoms with Gasteiger partial charge in [-0.25, -0.2) is 0 Å². The van der Waals surface area contributed by atoms with Crippen LogP contribution in [0.3, 0.4) is 0 Å². The molecule has 0 aromatic rings. The van der Waals surface area contributed by atoms with Gasteiger partial charge in [-0.2, -0.15) is 0 Å². The zero-order chi connectivity index (χ0) is 9.80. The predicted molar refractivity (Wildman–Crippen MR) is 62.0 cm³/mol. The Morgan fingerprint density at radius 2 is 2.21 bits per heavy atom. The van der Waals surface area contributed by atoms with Gasteiger partial charge < -0.3 is 14.2 Å². The van der Waals surface area contributed by atoms with E-state index in [-0.39, 0.29) is 6.10 Å². The maximum absolute atomic E-state index is 5.80. The highest BCUT2D eigenvalue weighted by atomic mass is 127. The van der Waals surface area contributed by atoms with E-state index in [4.69, 9.17) is 14.2 Å². The first-order chi connectivity index (χ1) is 6.86. The summed E-state index contributed by atoms with van der Waals surface area (Å²) in [5, 5.41) is 0. The first kappa shape index (κ1) is 11.1. The molecule has 3 unspecified atom stereocenters. The van der Waals surface area contributed by atoms with E-state index in [0.29, 0.717) is 10.0 Å². The lowest BCUT2D eigenvalue weighted by atomic mass is 10.1. The molecule has 2 heterocycles. The van der Waals surface area contributed by atoms with Gasteiger partial charge in [-0.1, -0.05) is 22.6 Å². The SMILES string of the molecule is IC1COCC1OCC1CCCCO1. The van der Waals surface area contributed by atoms with Crippen molar-refractivity contribution in [2.24, 2.45) is 0 Å². The van der Waals surface area contributed by atoms with E-state index in [1.54, 1.807) is 0 Å². The van der Waals surface area contributed by atoms with Crippen molar-refractivity contribution in [1.82, 2.24) is 0 Å². The zero-order valence-corrected chi connectivity index (χ0v) is 10.4. The minimum Gasteiger partial charge on any atom is -0.378 e. The second-order valence-corrected chi connectivity index (χ2v) is 5.51. The van der Waals surface area contributed by atoms with Gasteiger partial charge in [-0.15, -0.1) is 0 Å². The summed E-state index contributed by atoms with van der Waals surface area (Å²) in [6.45, 7) is 3.23. The van der Waals surface area contributed by atoms with Crippen LogP contribution in [-0.2, 0) is 14.2 Å². The Bertz CT molecular complexity index is 171. The van der Waals surface area contributed by atoms with Crippen LogP contribution < -0.4 is 0 Å². The van der Waals surface area contributed by atoms with Crippen molar-refractivity contribution < 1.29 is 14.2 Å². The smallest absolute Gasteiger partial charge is 0.0949 e. The van der Waals surface area contributed by atoms with Gasteiger partial charge in [-0.05, 0) is 19.3 Å². The van der Waals surface area contributed by atoms with Crippen molar-refractivity contribution in [3.8, 4) is 0 Å². The summed E-state index contributed by atoms with van der Waals surface area (Å²) in [7, 11) is 0. The Morgan fingerprint density at radius 1 is 1.29 bits per heavy atom. The molecule has 4 heteroatoms. The highest BCUT2D eigenvalue weighted by molar-refractivity contribution is 14.1. The fraction of sp³-hybridized carbons (Fsp3) is 1.00. The molecule has 0 saturated carbocycles. The molecule has 14 heavy (non-hydrogen) atoms. The van der Waals surface area contributed by atoms with E-state index >= 15 is 0 Å². The number of hydrogen-bond acceptors (Lipinski definition) is 3. The molecule has 3 nitrogen and oxygen atoms in total. The summed E-state index contributed by atoms with van der Waals surface area (Å²) in [4.78, 5) is 0. The van der Waals surface area contributed by atoms with Crippen LogP contribution in [0.1, 0.15) is 19.3 Å². The number of hydrogen-bond donors (Lipinski definition) is 0. The van der Waals surface area contributed by atoms with Gasteiger partial charge in [0.05, 0.1) is 36.0 Å². The topological polar surface area (TPSA) is 27.7 Å². The lowest BCUT2D eigenvalue weighted by Crippen LogP contribution is -2.30. The Kier molecular flexibility index (Phi) is 4.46. The molecule has 3 atom stereocenters. The van der Waals surface area contributed by atoms with Crippen LogP contribution in [0.5, 0.6) is 0 Å². The van der Waals surface area contributed by atoms with Crippen molar-refractivity contribution in [3.63, 3.8) is 0 Å². The van der Waals surface area contributed by atoms with Gasteiger partial charge in [0.1, 0.15) is 0 Å². The summed E-state index contributed by atoms with van der Waals surface area (Å²) in [6, 6.07) is 0. The number of halogens is 1. The van der Waals surface area contributed by atoms with Crippen LogP contribution in [0.25, 0.3) is 0 Å². The van der Waals surface area contributed by atoms with Gasteiger partial charge in [-0.3, -0.25) is 0 Å². The molecule has 2 aliphatic heterocycles. The Hall–Kier alpha value is 0.610. The minimum atomic E-state index is 0.279. The largest absolute Gasteiger partial charge is 0.378 e. The molecule has 2 fully saturated rings. The molecule has 0 aromatic heterocycles. The summed E-state index contributed by atoms with van der Waals surface area (Å²) in [5.74, 6) is 0. The van der Waals surface area contributed by atoms with Gasteiger partial charge in [0, 0.05) is 6.61 Å². The van der Waals surface area contributed by atoms with Crippen LogP contribution in [0, 0.1) is 0 Å². The number of ether oxygens (including phenoxy) is 3. The first-order valence-corrected chi connectivity index (χ1v) is 6.56. The standard InChI is InChI=1S/C10H17IO3/c11-9-6-12-7-10(9)14-5-8-3-1-2-4-13-8/h8-10H,1-7H2. The lowest BCUT2D eigenvalue weighted by Gasteiger charge is -2.24. The normalized spacial score (nSPS) is 38.8. The molecule has 0 bridgehead atoms. The second kappa shape index (κ2) is 5.63. The Balaban J connectivity index is 1.65. The molecule has 0 N–H and O–H groups in total. The number of rotatable bonds is 3. The first-order valence-electron chi connectivity index (χ1n) is 5.31. The summed E-state index contributed by atoms with van der Waals surface area (Å²) in [6.07, 6.45) is 4.24. The van der Waals surface area contributed by atoms with Crippen LogP contribution in [-0.4, -0.2) is 42.6 Å². The monoisotopic (exact) mass is 312 g/mol. The van der Waals surface area contributed by atoms with Crippen molar-refractivity contribution in [3.05, 3.63) is 0 Å². The zero-order valence-electron chi connectivity index (χ0n) is 8.28. The Labute approximate surface area is 98.6 Å². The van der Waals surface area contributed by atoms with E-state index in [1.165, 1.54) is 12.8 Å². The highest BCUT2D eigenvalue weighted by Gasteiger charge is 2.27. The van der Waals surface area contributed by atoms with Crippen LogP contribution in [0.15, 0.2) is 0 Å². The van der Waals surface area contributed by atoms with Crippen LogP contribution in [0.4, 0.5) is 0 Å². The summed E-state index contributed by atoms with van der Waals surface area (Å²) in [5.41, 5.74) is 0. The predicted octanol–water partition coefficient (Wildman–Crippen LogP) is 1.77. The number of alkyl halides is 1. The van der Waals surface area contributed by atoms with E-state index in [9.17, 15) is 0 Å². The van der Waals surface area contributed by atoms with Crippen molar-refractivity contribution in [2.75, 3.05) is 26.4 Å². The lowest BCUT2D eigenvalue weighted by molar-refractivity contribution is -0.0619. The van der Waals surface area contributed by atoms with Crippen LogP contribution >= 0.6 is 22.6 Å². The maximum atomic E-state index is 5.80. The van der Waals surface area contributed by atoms with Crippen LogP contribution in [0.2, 0.25) is 0 Å². The molecule has 0 amide bonds. The second-order valence-electron chi connectivity index (χ2n) is 3.91. The fourth-order valence-corrected chi connectivity index (χ4v) is 2.50. The molecule has 82 valence electrons. The molecule has 2 rings (SSSR count). The molecule has 0 aliphatic carbocycles. The van der Waals surface area contributed by atoms with E-state index < -0.39 is 0 Å². The van der Waals surface area contributed by atoms with Gasteiger partial charge in [0.25, 0.3) is 0 Å². The summed E-state index contributed by atoms with van der Waals surface area (Å²) >= 11 is 2.40. The van der Waals surface area contributed by atoms with E-state index in [1.807, 2.05) is 0 Å². The minimum absolute atomic E-state index is 0.279. The maximum Gasteiger partial charge on any atom is 0.0949 e. The molecule has 2 saturated heterocycles. The Morgan fingerprint density at radius 3 is 2.86 bits per heavy atom. The summed E-state index contributed by atoms with van der Waals surface area (Å²) < 4.78 is 17.2. The molecule has 0 spiro atoms. The molecular formula is C10H17IO3. The highest BCUT2D eigenvalue weighted by Crippen LogP contribution is 2.20. The fourth-order valence-electron chi connectivity index (χ4n) is 1.83. The molecular weight excluding hydrogens is 295 g/mol. The third-order valence-corrected chi connectivity index (χ3v) is 3.89. The third-order valence-electron chi connectivity index (χ3n) is 2.73. The average Bonchev–Trinajstić information content (AvgIpc) is 2.63. The van der Waals surface area contributed by atoms with Gasteiger partial charge in [0.15, 0.2) is 0 Å².